The molecule has 23 heavy (non-hydrogen) atoms. The molecule has 1 amide bonds. The maximum absolute atomic E-state index is 12.3. The number of Topliss-reactive ketones (excluding diaryl/α,β-unsaturated/α-hetero) is 1. The van der Waals surface area contributed by atoms with Crippen LogP contribution >= 0.6 is 11.3 Å². The zero-order valence-electron chi connectivity index (χ0n) is 13.0. The van der Waals surface area contributed by atoms with Gasteiger partial charge in [-0.3, -0.25) is 9.59 Å². The largest absolute Gasteiger partial charge is 0.484 e. The molecule has 0 spiro atoms. The summed E-state index contributed by atoms with van der Waals surface area (Å²) in [5, 5.41) is 1.98. The smallest absolute Gasteiger partial charge is 0.261 e. The Kier molecular flexibility index (Phi) is 6.11. The minimum absolute atomic E-state index is 0.0345. The van der Waals surface area contributed by atoms with Crippen molar-refractivity contribution < 1.29 is 14.3 Å². The number of rotatable bonds is 8. The van der Waals surface area contributed by atoms with Crippen LogP contribution in [0.3, 0.4) is 0 Å². The van der Waals surface area contributed by atoms with E-state index in [1.54, 1.807) is 46.6 Å². The first-order chi connectivity index (χ1) is 11.1. The van der Waals surface area contributed by atoms with Crippen molar-refractivity contribution in [2.75, 3.05) is 13.2 Å². The first-order valence-corrected chi connectivity index (χ1v) is 8.13. The van der Waals surface area contributed by atoms with Gasteiger partial charge in [-0.25, -0.2) is 0 Å². The molecule has 0 aliphatic heterocycles. The van der Waals surface area contributed by atoms with E-state index in [0.717, 1.165) is 4.88 Å². The standard InChI is InChI=1S/C18H19NO3S/c1-3-9-19(12-17-8-5-10-23-17)18(21)13-22-16-7-4-6-15(11-16)14(2)20/h3-8,10-11H,1,9,12-13H2,2H3. The van der Waals surface area contributed by atoms with Crippen molar-refractivity contribution in [2.24, 2.45) is 0 Å². The fourth-order valence-electron chi connectivity index (χ4n) is 2.04. The quantitative estimate of drug-likeness (QED) is 0.550. The molecule has 0 N–H and O–H groups in total. The highest BCUT2D eigenvalue weighted by Crippen LogP contribution is 2.15. The molecule has 2 aromatic rings. The van der Waals surface area contributed by atoms with Gasteiger partial charge in [0.25, 0.3) is 5.91 Å². The molecule has 1 heterocycles. The van der Waals surface area contributed by atoms with Gasteiger partial charge in [0.2, 0.25) is 0 Å². The molecule has 0 aliphatic carbocycles. The van der Waals surface area contributed by atoms with E-state index in [1.807, 2.05) is 17.5 Å². The Bertz CT molecular complexity index is 679. The summed E-state index contributed by atoms with van der Waals surface area (Å²) in [4.78, 5) is 26.5. The fourth-order valence-corrected chi connectivity index (χ4v) is 2.76. The van der Waals surface area contributed by atoms with Gasteiger partial charge in [-0.1, -0.05) is 24.3 Å². The molecule has 0 saturated carbocycles. The van der Waals surface area contributed by atoms with E-state index in [0.29, 0.717) is 24.4 Å². The van der Waals surface area contributed by atoms with Crippen molar-refractivity contribution in [3.63, 3.8) is 0 Å². The molecule has 1 aromatic carbocycles. The zero-order chi connectivity index (χ0) is 16.7. The Hall–Kier alpha value is -2.40. The molecule has 0 aliphatic rings. The van der Waals surface area contributed by atoms with Crippen molar-refractivity contribution in [2.45, 2.75) is 13.5 Å². The molecule has 5 heteroatoms. The number of hydrogen-bond donors (Lipinski definition) is 0. The number of ketones is 1. The summed E-state index contributed by atoms with van der Waals surface area (Å²) in [6.07, 6.45) is 1.70. The van der Waals surface area contributed by atoms with Crippen molar-refractivity contribution in [1.82, 2.24) is 4.90 Å². The highest BCUT2D eigenvalue weighted by atomic mass is 32.1. The second-order valence-electron chi connectivity index (χ2n) is 5.01. The molecule has 2 rings (SSSR count). The first-order valence-electron chi connectivity index (χ1n) is 7.25. The van der Waals surface area contributed by atoms with Crippen molar-refractivity contribution in [3.8, 4) is 5.75 Å². The van der Waals surface area contributed by atoms with Crippen LogP contribution in [0.5, 0.6) is 5.75 Å². The molecule has 0 fully saturated rings. The lowest BCUT2D eigenvalue weighted by Crippen LogP contribution is -2.34. The van der Waals surface area contributed by atoms with E-state index < -0.39 is 0 Å². The molecule has 0 bridgehead atoms. The van der Waals surface area contributed by atoms with E-state index in [9.17, 15) is 9.59 Å². The van der Waals surface area contributed by atoms with Crippen LogP contribution in [-0.2, 0) is 11.3 Å². The third kappa shape index (κ3) is 5.07. The van der Waals surface area contributed by atoms with Gasteiger partial charge < -0.3 is 9.64 Å². The van der Waals surface area contributed by atoms with E-state index in [2.05, 4.69) is 6.58 Å². The Balaban J connectivity index is 1.97. The summed E-state index contributed by atoms with van der Waals surface area (Å²) in [7, 11) is 0. The predicted octanol–water partition coefficient (Wildman–Crippen LogP) is 3.54. The lowest BCUT2D eigenvalue weighted by atomic mass is 10.1. The number of nitrogens with zero attached hydrogens (tertiary/aromatic N) is 1. The molecule has 0 atom stereocenters. The van der Waals surface area contributed by atoms with Crippen LogP contribution in [0.25, 0.3) is 0 Å². The number of benzene rings is 1. The molecule has 4 nitrogen and oxygen atoms in total. The maximum atomic E-state index is 12.3. The maximum Gasteiger partial charge on any atom is 0.261 e. The number of carbonyl (C=O) groups excluding carboxylic acids is 2. The second-order valence-corrected chi connectivity index (χ2v) is 6.05. The van der Waals surface area contributed by atoms with Crippen LogP contribution in [-0.4, -0.2) is 29.7 Å². The number of amides is 1. The number of carbonyl (C=O) groups is 2. The highest BCUT2D eigenvalue weighted by molar-refractivity contribution is 7.09. The van der Waals surface area contributed by atoms with Crippen LogP contribution < -0.4 is 4.74 Å². The Labute approximate surface area is 140 Å². The monoisotopic (exact) mass is 329 g/mol. The second kappa shape index (κ2) is 8.29. The van der Waals surface area contributed by atoms with Gasteiger partial charge >= 0.3 is 0 Å². The van der Waals surface area contributed by atoms with Gasteiger partial charge in [0.1, 0.15) is 5.75 Å². The lowest BCUT2D eigenvalue weighted by molar-refractivity contribution is -0.133. The minimum atomic E-state index is -0.119. The third-order valence-electron chi connectivity index (χ3n) is 3.23. The van der Waals surface area contributed by atoms with Crippen LogP contribution in [0.2, 0.25) is 0 Å². The van der Waals surface area contributed by atoms with Crippen molar-refractivity contribution >= 4 is 23.0 Å². The summed E-state index contributed by atoms with van der Waals surface area (Å²) in [5.74, 6) is 0.361. The highest BCUT2D eigenvalue weighted by Gasteiger charge is 2.14. The Morgan fingerprint density at radius 3 is 2.78 bits per heavy atom. The average molecular weight is 329 g/mol. The van der Waals surface area contributed by atoms with Crippen LogP contribution in [0.1, 0.15) is 22.2 Å². The van der Waals surface area contributed by atoms with Gasteiger partial charge in [-0.05, 0) is 30.5 Å². The molecule has 0 unspecified atom stereocenters. The van der Waals surface area contributed by atoms with Crippen molar-refractivity contribution in [3.05, 3.63) is 64.9 Å². The SMILES string of the molecule is C=CCN(Cc1cccs1)C(=O)COc1cccc(C(C)=O)c1. The average Bonchev–Trinajstić information content (AvgIpc) is 3.05. The van der Waals surface area contributed by atoms with Crippen LogP contribution in [0.15, 0.2) is 54.4 Å². The topological polar surface area (TPSA) is 46.6 Å². The summed E-state index contributed by atoms with van der Waals surface area (Å²) >= 11 is 1.61. The van der Waals surface area contributed by atoms with Gasteiger partial charge in [-0.2, -0.15) is 0 Å². The molecule has 0 saturated heterocycles. The fraction of sp³-hybridized carbons (Fsp3) is 0.222. The van der Waals surface area contributed by atoms with E-state index >= 15 is 0 Å². The number of thiophene rings is 1. The van der Waals surface area contributed by atoms with Gasteiger partial charge in [0.05, 0.1) is 6.54 Å². The lowest BCUT2D eigenvalue weighted by Gasteiger charge is -2.20. The molecular weight excluding hydrogens is 310 g/mol. The van der Waals surface area contributed by atoms with Crippen molar-refractivity contribution in [1.29, 1.82) is 0 Å². The van der Waals surface area contributed by atoms with Gasteiger partial charge in [0.15, 0.2) is 12.4 Å². The third-order valence-corrected chi connectivity index (χ3v) is 4.09. The first kappa shape index (κ1) is 17.0. The number of hydrogen-bond acceptors (Lipinski definition) is 4. The van der Waals surface area contributed by atoms with Crippen LogP contribution in [0.4, 0.5) is 0 Å². The molecule has 1 aromatic heterocycles. The minimum Gasteiger partial charge on any atom is -0.484 e. The summed E-state index contributed by atoms with van der Waals surface area (Å²) < 4.78 is 5.53. The van der Waals surface area contributed by atoms with E-state index in [4.69, 9.17) is 4.74 Å². The van der Waals surface area contributed by atoms with Gasteiger partial charge in [0, 0.05) is 17.0 Å². The normalized spacial score (nSPS) is 10.1. The molecule has 0 radical (unpaired) electrons. The Morgan fingerprint density at radius 1 is 1.30 bits per heavy atom. The van der Waals surface area contributed by atoms with Crippen LogP contribution in [0, 0.1) is 0 Å². The zero-order valence-corrected chi connectivity index (χ0v) is 13.8. The van der Waals surface area contributed by atoms with E-state index in [1.165, 1.54) is 6.92 Å². The summed E-state index contributed by atoms with van der Waals surface area (Å²) in [5.41, 5.74) is 0.566. The van der Waals surface area contributed by atoms with Gasteiger partial charge in [-0.15, -0.1) is 17.9 Å². The number of ether oxygens (including phenoxy) is 1. The summed E-state index contributed by atoms with van der Waals surface area (Å²) in [6, 6.07) is 10.8. The Morgan fingerprint density at radius 2 is 2.13 bits per heavy atom. The summed E-state index contributed by atoms with van der Waals surface area (Å²) in [6.45, 7) is 6.13. The molecule has 120 valence electrons. The van der Waals surface area contributed by atoms with E-state index in [-0.39, 0.29) is 18.3 Å². The predicted molar refractivity (Wildman–Crippen MR) is 91.9 cm³/mol. The molecular formula is C18H19NO3S.